The minimum Gasteiger partial charge on any atom is -0.465 e. The lowest BCUT2D eigenvalue weighted by atomic mass is 9.99. The van der Waals surface area contributed by atoms with E-state index in [1.807, 2.05) is 32.0 Å². The Morgan fingerprint density at radius 3 is 2.14 bits per heavy atom. The van der Waals surface area contributed by atoms with Crippen molar-refractivity contribution in [2.45, 2.75) is 47.5 Å². The maximum absolute atomic E-state index is 11.8. The van der Waals surface area contributed by atoms with Crippen LogP contribution < -0.4 is 4.74 Å². The first-order valence-electron chi connectivity index (χ1n) is 7.71. The number of aryl methyl sites for hydroxylation is 1. The summed E-state index contributed by atoms with van der Waals surface area (Å²) in [6.45, 7) is 11.4. The molecule has 0 spiro atoms. The second-order valence-corrected chi connectivity index (χ2v) is 6.30. The zero-order chi connectivity index (χ0) is 16.9. The Labute approximate surface area is 132 Å². The molecule has 0 aliphatic rings. The van der Waals surface area contributed by atoms with Crippen LogP contribution in [0.1, 0.15) is 51.7 Å². The van der Waals surface area contributed by atoms with Gasteiger partial charge in [0.2, 0.25) is 0 Å². The average molecular weight is 306 g/mol. The van der Waals surface area contributed by atoms with Crippen molar-refractivity contribution in [3.63, 3.8) is 0 Å². The van der Waals surface area contributed by atoms with Gasteiger partial charge in [-0.1, -0.05) is 46.8 Å². The molecule has 0 saturated carbocycles. The van der Waals surface area contributed by atoms with E-state index in [0.29, 0.717) is 5.75 Å². The van der Waals surface area contributed by atoms with Crippen LogP contribution in [0.25, 0.3) is 0 Å². The molecule has 0 saturated heterocycles. The third-order valence-electron chi connectivity index (χ3n) is 3.33. The van der Waals surface area contributed by atoms with Gasteiger partial charge in [-0.25, -0.2) is 0 Å². The minimum atomic E-state index is -0.266. The van der Waals surface area contributed by atoms with Crippen molar-refractivity contribution >= 4 is 11.9 Å². The van der Waals surface area contributed by atoms with E-state index < -0.39 is 0 Å². The van der Waals surface area contributed by atoms with Crippen LogP contribution in [0.4, 0.5) is 0 Å². The fraction of sp³-hybridized carbons (Fsp3) is 0.556. The highest BCUT2D eigenvalue weighted by Gasteiger charge is 2.18. The maximum Gasteiger partial charge on any atom is 0.313 e. The molecule has 4 heteroatoms. The lowest BCUT2D eigenvalue weighted by Crippen LogP contribution is -2.18. The third kappa shape index (κ3) is 5.17. The van der Waals surface area contributed by atoms with Crippen molar-refractivity contribution in [3.05, 3.63) is 29.3 Å². The molecule has 4 nitrogen and oxygen atoms in total. The van der Waals surface area contributed by atoms with Gasteiger partial charge in [0.25, 0.3) is 0 Å². The van der Waals surface area contributed by atoms with E-state index in [9.17, 15) is 9.59 Å². The van der Waals surface area contributed by atoms with Crippen LogP contribution in [0.2, 0.25) is 0 Å². The van der Waals surface area contributed by atoms with Crippen LogP contribution in [0, 0.1) is 18.8 Å². The standard InChI is InChI=1S/C18H26O4/c1-11(2)17(19)21-10-14(6)15-8-7-13(5)9-16(15)22-18(20)12(3)4/h7-9,11-12,14H,10H2,1-6H3/t14-/m0/s1. The van der Waals surface area contributed by atoms with Crippen molar-refractivity contribution in [3.8, 4) is 5.75 Å². The average Bonchev–Trinajstić information content (AvgIpc) is 2.44. The predicted molar refractivity (Wildman–Crippen MR) is 85.9 cm³/mol. The third-order valence-corrected chi connectivity index (χ3v) is 3.33. The number of rotatable bonds is 6. The predicted octanol–water partition coefficient (Wildman–Crippen LogP) is 3.86. The summed E-state index contributed by atoms with van der Waals surface area (Å²) in [6, 6.07) is 5.73. The molecule has 0 aromatic heterocycles. The van der Waals surface area contributed by atoms with E-state index in [1.54, 1.807) is 27.7 Å². The lowest BCUT2D eigenvalue weighted by molar-refractivity contribution is -0.147. The Morgan fingerprint density at radius 1 is 1.00 bits per heavy atom. The second-order valence-electron chi connectivity index (χ2n) is 6.30. The second kappa shape index (κ2) is 7.97. The molecule has 1 atom stereocenters. The van der Waals surface area contributed by atoms with Crippen LogP contribution in [0.3, 0.4) is 0 Å². The number of ether oxygens (including phenoxy) is 2. The summed E-state index contributed by atoms with van der Waals surface area (Å²) in [4.78, 5) is 23.4. The Balaban J connectivity index is 2.88. The first kappa shape index (κ1) is 18.2. The summed E-state index contributed by atoms with van der Waals surface area (Å²) in [5.41, 5.74) is 1.89. The van der Waals surface area contributed by atoms with Gasteiger partial charge in [-0.3, -0.25) is 9.59 Å². The zero-order valence-electron chi connectivity index (χ0n) is 14.3. The highest BCUT2D eigenvalue weighted by Crippen LogP contribution is 2.29. The van der Waals surface area contributed by atoms with Crippen LogP contribution >= 0.6 is 0 Å². The zero-order valence-corrected chi connectivity index (χ0v) is 14.3. The summed E-state index contributed by atoms with van der Waals surface area (Å²) >= 11 is 0. The van der Waals surface area contributed by atoms with Gasteiger partial charge in [-0.2, -0.15) is 0 Å². The molecule has 0 bridgehead atoms. The summed E-state index contributed by atoms with van der Waals surface area (Å²) in [6.07, 6.45) is 0. The number of carbonyl (C=O) groups is 2. The quantitative estimate of drug-likeness (QED) is 0.591. The highest BCUT2D eigenvalue weighted by molar-refractivity contribution is 5.75. The van der Waals surface area contributed by atoms with E-state index in [4.69, 9.17) is 9.47 Å². The van der Waals surface area contributed by atoms with Gasteiger partial charge in [-0.15, -0.1) is 0 Å². The molecule has 0 radical (unpaired) electrons. The summed E-state index contributed by atoms with van der Waals surface area (Å²) in [7, 11) is 0. The normalized spacial score (nSPS) is 12.4. The van der Waals surface area contributed by atoms with Crippen LogP contribution in [0.15, 0.2) is 18.2 Å². The smallest absolute Gasteiger partial charge is 0.313 e. The van der Waals surface area contributed by atoms with Gasteiger partial charge in [0.05, 0.1) is 18.4 Å². The lowest BCUT2D eigenvalue weighted by Gasteiger charge is -2.18. The molecular weight excluding hydrogens is 280 g/mol. The molecule has 1 aromatic rings. The van der Waals surface area contributed by atoms with Crippen molar-refractivity contribution in [1.29, 1.82) is 0 Å². The van der Waals surface area contributed by atoms with Crippen LogP contribution in [0.5, 0.6) is 5.75 Å². The minimum absolute atomic E-state index is 0.0433. The summed E-state index contributed by atoms with van der Waals surface area (Å²) in [5.74, 6) is -0.325. The Hall–Kier alpha value is -1.84. The van der Waals surface area contributed by atoms with Gasteiger partial charge in [0.15, 0.2) is 0 Å². The molecule has 1 aromatic carbocycles. The molecule has 0 aliphatic heterocycles. The number of hydrogen-bond acceptors (Lipinski definition) is 4. The topological polar surface area (TPSA) is 52.6 Å². The number of carbonyl (C=O) groups excluding carboxylic acids is 2. The van der Waals surface area contributed by atoms with Crippen LogP contribution in [-0.2, 0) is 14.3 Å². The molecule has 1 rings (SSSR count). The molecule has 0 aliphatic carbocycles. The first-order chi connectivity index (χ1) is 10.2. The Bertz CT molecular complexity index is 532. The van der Waals surface area contributed by atoms with E-state index in [2.05, 4.69) is 0 Å². The highest BCUT2D eigenvalue weighted by atomic mass is 16.5. The maximum atomic E-state index is 11.8. The molecule has 0 N–H and O–H groups in total. The summed E-state index contributed by atoms with van der Waals surface area (Å²) in [5, 5.41) is 0. The fourth-order valence-corrected chi connectivity index (χ4v) is 1.83. The molecule has 0 unspecified atom stereocenters. The molecule has 122 valence electrons. The largest absolute Gasteiger partial charge is 0.465 e. The molecular formula is C18H26O4. The van der Waals surface area contributed by atoms with Gasteiger partial charge in [0.1, 0.15) is 5.75 Å². The van der Waals surface area contributed by atoms with E-state index in [1.165, 1.54) is 0 Å². The van der Waals surface area contributed by atoms with Gasteiger partial charge < -0.3 is 9.47 Å². The number of benzene rings is 1. The first-order valence-corrected chi connectivity index (χ1v) is 7.71. The Morgan fingerprint density at radius 2 is 1.59 bits per heavy atom. The van der Waals surface area contributed by atoms with Crippen molar-refractivity contribution in [1.82, 2.24) is 0 Å². The summed E-state index contributed by atoms with van der Waals surface area (Å²) < 4.78 is 10.8. The molecule has 0 amide bonds. The molecule has 22 heavy (non-hydrogen) atoms. The van der Waals surface area contributed by atoms with E-state index in [-0.39, 0.29) is 36.3 Å². The van der Waals surface area contributed by atoms with E-state index in [0.717, 1.165) is 11.1 Å². The molecule has 0 heterocycles. The fourth-order valence-electron chi connectivity index (χ4n) is 1.83. The van der Waals surface area contributed by atoms with Crippen molar-refractivity contribution in [2.75, 3.05) is 6.61 Å². The van der Waals surface area contributed by atoms with Gasteiger partial charge in [-0.05, 0) is 18.6 Å². The van der Waals surface area contributed by atoms with Gasteiger partial charge >= 0.3 is 11.9 Å². The van der Waals surface area contributed by atoms with E-state index >= 15 is 0 Å². The number of hydrogen-bond donors (Lipinski definition) is 0. The van der Waals surface area contributed by atoms with Gasteiger partial charge in [0, 0.05) is 11.5 Å². The van der Waals surface area contributed by atoms with Crippen molar-refractivity contribution < 1.29 is 19.1 Å². The van der Waals surface area contributed by atoms with Crippen LogP contribution in [-0.4, -0.2) is 18.5 Å². The number of esters is 2. The Kier molecular flexibility index (Phi) is 6.60. The monoisotopic (exact) mass is 306 g/mol. The SMILES string of the molecule is Cc1ccc([C@@H](C)COC(=O)C(C)C)c(OC(=O)C(C)C)c1. The molecule has 0 fully saturated rings. The van der Waals surface area contributed by atoms with Crippen molar-refractivity contribution in [2.24, 2.45) is 11.8 Å².